The smallest absolute Gasteiger partial charge is 0.337 e. The van der Waals surface area contributed by atoms with Crippen molar-refractivity contribution in [2.24, 2.45) is 0 Å². The number of rotatable bonds is 4. The van der Waals surface area contributed by atoms with Crippen molar-refractivity contribution in [3.05, 3.63) is 35.9 Å². The Morgan fingerprint density at radius 3 is 2.28 bits per heavy atom. The summed E-state index contributed by atoms with van der Waals surface area (Å²) >= 11 is 0. The van der Waals surface area contributed by atoms with Crippen LogP contribution in [0.5, 0.6) is 0 Å². The van der Waals surface area contributed by atoms with Crippen LogP contribution in [0.15, 0.2) is 30.3 Å². The first kappa shape index (κ1) is 22.2. The number of esters is 1. The molecule has 176 valence electrons. The minimum absolute atomic E-state index is 0.280. The normalized spacial score (nSPS) is 40.1. The number of benzene rings is 1. The van der Waals surface area contributed by atoms with E-state index in [0.29, 0.717) is 13.0 Å². The average molecular weight is 450 g/mol. The van der Waals surface area contributed by atoms with E-state index in [1.54, 1.807) is 5.06 Å². The Hall–Kier alpha value is -1.59. The van der Waals surface area contributed by atoms with Gasteiger partial charge in [-0.15, -0.1) is 0 Å². The first-order valence-corrected chi connectivity index (χ1v) is 11.1. The number of ether oxygens (including phenoxy) is 6. The van der Waals surface area contributed by atoms with E-state index in [4.69, 9.17) is 33.3 Å². The minimum atomic E-state index is -0.798. The Morgan fingerprint density at radius 2 is 1.59 bits per heavy atom. The summed E-state index contributed by atoms with van der Waals surface area (Å²) in [6.45, 7) is 7.95. The van der Waals surface area contributed by atoms with Gasteiger partial charge in [0.15, 0.2) is 24.0 Å². The third kappa shape index (κ3) is 4.07. The number of carbonyl (C=O) groups is 1. The molecule has 4 saturated heterocycles. The van der Waals surface area contributed by atoms with Gasteiger partial charge in [0.1, 0.15) is 24.4 Å². The molecule has 0 radical (unpaired) electrons. The van der Waals surface area contributed by atoms with Crippen LogP contribution in [0.1, 0.15) is 39.7 Å². The van der Waals surface area contributed by atoms with E-state index in [1.807, 2.05) is 58.0 Å². The van der Waals surface area contributed by atoms with Gasteiger partial charge in [0, 0.05) is 13.0 Å². The molecule has 4 heterocycles. The molecule has 0 bridgehead atoms. The van der Waals surface area contributed by atoms with Crippen molar-refractivity contribution >= 4 is 5.97 Å². The maximum absolute atomic E-state index is 12.3. The summed E-state index contributed by atoms with van der Waals surface area (Å²) < 4.78 is 36.1. The van der Waals surface area contributed by atoms with Crippen molar-refractivity contribution in [2.45, 2.75) is 95.1 Å². The van der Waals surface area contributed by atoms with Gasteiger partial charge in [0.2, 0.25) is 0 Å². The molecule has 9 heteroatoms. The summed E-state index contributed by atoms with van der Waals surface area (Å²) in [5.74, 6) is -2.01. The molecule has 0 amide bonds. The van der Waals surface area contributed by atoms with Crippen molar-refractivity contribution in [1.29, 1.82) is 0 Å². The van der Waals surface area contributed by atoms with E-state index in [-0.39, 0.29) is 12.1 Å². The number of nitrogens with zero attached hydrogens (tertiary/aromatic N) is 1. The molecule has 1 aromatic rings. The van der Waals surface area contributed by atoms with Crippen molar-refractivity contribution in [3.8, 4) is 0 Å². The van der Waals surface area contributed by atoms with Crippen LogP contribution in [0.3, 0.4) is 0 Å². The van der Waals surface area contributed by atoms with E-state index in [0.717, 1.165) is 5.56 Å². The fourth-order valence-corrected chi connectivity index (χ4v) is 5.06. The van der Waals surface area contributed by atoms with E-state index >= 15 is 0 Å². The number of carbonyl (C=O) groups excluding carboxylic acids is 1. The molecule has 32 heavy (non-hydrogen) atoms. The highest BCUT2D eigenvalue weighted by Gasteiger charge is 2.63. The third-order valence-electron chi connectivity index (χ3n) is 6.30. The second kappa shape index (κ2) is 8.02. The number of fused-ring (bicyclic) bond motifs is 3. The van der Waals surface area contributed by atoms with Gasteiger partial charge in [0.25, 0.3) is 0 Å². The lowest BCUT2D eigenvalue weighted by molar-refractivity contribution is -0.264. The monoisotopic (exact) mass is 449 g/mol. The third-order valence-corrected chi connectivity index (χ3v) is 6.30. The predicted molar refractivity (Wildman–Crippen MR) is 110 cm³/mol. The summed E-state index contributed by atoms with van der Waals surface area (Å²) in [6, 6.07) is 9.65. The second-order valence-corrected chi connectivity index (χ2v) is 9.62. The van der Waals surface area contributed by atoms with Gasteiger partial charge in [-0.25, -0.2) is 4.79 Å². The Bertz CT molecular complexity index is 846. The van der Waals surface area contributed by atoms with E-state index < -0.39 is 48.2 Å². The topological polar surface area (TPSA) is 84.9 Å². The van der Waals surface area contributed by atoms with Crippen molar-refractivity contribution in [3.63, 3.8) is 0 Å². The second-order valence-electron chi connectivity index (χ2n) is 9.62. The summed E-state index contributed by atoms with van der Waals surface area (Å²) in [4.78, 5) is 18.4. The molecular weight excluding hydrogens is 418 g/mol. The van der Waals surface area contributed by atoms with Gasteiger partial charge in [-0.3, -0.25) is 4.84 Å². The molecule has 7 atom stereocenters. The van der Waals surface area contributed by atoms with Crippen LogP contribution in [0.2, 0.25) is 0 Å². The maximum atomic E-state index is 12.3. The Morgan fingerprint density at radius 1 is 0.969 bits per heavy atom. The highest BCUT2D eigenvalue weighted by Crippen LogP contribution is 2.46. The van der Waals surface area contributed by atoms with Crippen LogP contribution < -0.4 is 0 Å². The molecule has 4 aliphatic heterocycles. The van der Waals surface area contributed by atoms with Gasteiger partial charge >= 0.3 is 5.97 Å². The van der Waals surface area contributed by atoms with Gasteiger partial charge in [-0.1, -0.05) is 30.3 Å². The Kier molecular flexibility index (Phi) is 5.57. The van der Waals surface area contributed by atoms with Gasteiger partial charge in [-0.2, -0.15) is 5.06 Å². The van der Waals surface area contributed by atoms with Crippen LogP contribution >= 0.6 is 0 Å². The zero-order chi connectivity index (χ0) is 22.7. The molecule has 4 aliphatic rings. The van der Waals surface area contributed by atoms with Crippen LogP contribution in [-0.2, 0) is 44.6 Å². The van der Waals surface area contributed by atoms with Gasteiger partial charge < -0.3 is 28.4 Å². The Labute approximate surface area is 187 Å². The number of hydrogen-bond donors (Lipinski definition) is 0. The predicted octanol–water partition coefficient (Wildman–Crippen LogP) is 2.13. The lowest BCUT2D eigenvalue weighted by Crippen LogP contribution is -2.60. The standard InChI is InChI=1S/C23H31NO8/c1-22(2)28-17-16(27-21-19(18(17)29-22)30-23(3,4)31-21)14-11-15(20(25)26-5)32-24(14)12-13-9-7-6-8-10-13/h6-10,14-19,21H,11-12H2,1-5H3/t14-,15-,16-,17+,18+,19-,21-/m1/s1. The SMILES string of the molecule is COC(=O)[C@H]1C[C@H]([C@H]2O[C@@H]3OC(C)(C)O[C@@H]3[C@H]3OC(C)(C)O[C@H]32)N(Cc2ccccc2)O1. The molecule has 1 aromatic carbocycles. The van der Waals surface area contributed by atoms with Crippen LogP contribution in [0.4, 0.5) is 0 Å². The first-order chi connectivity index (χ1) is 15.2. The molecule has 5 rings (SSSR count). The molecule has 0 aliphatic carbocycles. The zero-order valence-corrected chi connectivity index (χ0v) is 19.1. The van der Waals surface area contributed by atoms with E-state index in [9.17, 15) is 4.79 Å². The summed E-state index contributed by atoms with van der Waals surface area (Å²) in [7, 11) is 1.36. The molecule has 0 saturated carbocycles. The Balaban J connectivity index is 1.45. The van der Waals surface area contributed by atoms with Crippen LogP contribution in [0, 0.1) is 0 Å². The largest absolute Gasteiger partial charge is 0.467 e. The van der Waals surface area contributed by atoms with Gasteiger partial charge in [-0.05, 0) is 33.3 Å². The lowest BCUT2D eigenvalue weighted by atomic mass is 9.91. The van der Waals surface area contributed by atoms with Crippen molar-refractivity contribution in [1.82, 2.24) is 5.06 Å². The molecule has 0 aromatic heterocycles. The maximum Gasteiger partial charge on any atom is 0.337 e. The first-order valence-electron chi connectivity index (χ1n) is 11.1. The van der Waals surface area contributed by atoms with E-state index in [1.165, 1.54) is 7.11 Å². The zero-order valence-electron chi connectivity index (χ0n) is 19.1. The fraction of sp³-hybridized carbons (Fsp3) is 0.696. The van der Waals surface area contributed by atoms with E-state index in [2.05, 4.69) is 0 Å². The minimum Gasteiger partial charge on any atom is -0.467 e. The summed E-state index contributed by atoms with van der Waals surface area (Å²) in [5.41, 5.74) is 1.05. The van der Waals surface area contributed by atoms with Gasteiger partial charge in [0.05, 0.1) is 13.2 Å². The summed E-state index contributed by atoms with van der Waals surface area (Å²) in [6.07, 6.45) is -2.57. The lowest BCUT2D eigenvalue weighted by Gasteiger charge is -2.41. The fourth-order valence-electron chi connectivity index (χ4n) is 5.06. The molecule has 0 spiro atoms. The van der Waals surface area contributed by atoms with Crippen LogP contribution in [-0.4, -0.2) is 72.6 Å². The van der Waals surface area contributed by atoms with Crippen LogP contribution in [0.25, 0.3) is 0 Å². The molecular formula is C23H31NO8. The highest BCUT2D eigenvalue weighted by molar-refractivity contribution is 5.74. The highest BCUT2D eigenvalue weighted by atomic mass is 16.9. The van der Waals surface area contributed by atoms with Crippen molar-refractivity contribution in [2.75, 3.05) is 7.11 Å². The molecule has 9 nitrogen and oxygen atoms in total. The number of hydrogen-bond acceptors (Lipinski definition) is 9. The quantitative estimate of drug-likeness (QED) is 0.642. The number of methoxy groups -OCH3 is 1. The number of hydroxylamine groups is 2. The molecule has 0 N–H and O–H groups in total. The molecule has 0 unspecified atom stereocenters. The molecule has 4 fully saturated rings. The average Bonchev–Trinajstić information content (AvgIpc) is 3.39. The summed E-state index contributed by atoms with van der Waals surface area (Å²) in [5, 5.41) is 1.80. The van der Waals surface area contributed by atoms with Crippen molar-refractivity contribution < 1.29 is 38.1 Å².